The molecule has 1 aromatic heterocycles. The Hall–Kier alpha value is -3.02. The highest BCUT2D eigenvalue weighted by atomic mass is 19.3. The first-order valence-corrected chi connectivity index (χ1v) is 7.56. The van der Waals surface area contributed by atoms with E-state index < -0.39 is 18.1 Å². The highest BCUT2D eigenvalue weighted by Crippen LogP contribution is 2.31. The van der Waals surface area contributed by atoms with E-state index in [0.717, 1.165) is 0 Å². The molecule has 128 valence electrons. The molecule has 3 aromatic rings. The molecule has 0 radical (unpaired) electrons. The van der Waals surface area contributed by atoms with E-state index in [1.54, 1.807) is 49.5 Å². The monoisotopic (exact) mass is 344 g/mol. The van der Waals surface area contributed by atoms with E-state index in [4.69, 9.17) is 0 Å². The van der Waals surface area contributed by atoms with Crippen molar-refractivity contribution in [1.29, 1.82) is 0 Å². The molecule has 6 heteroatoms. The maximum Gasteiger partial charge on any atom is 0.266 e. The summed E-state index contributed by atoms with van der Waals surface area (Å²) in [6.07, 6.45) is -0.214. The van der Waals surface area contributed by atoms with Gasteiger partial charge in [0.25, 0.3) is 12.3 Å². The average molecular weight is 344 g/mol. The number of anilines is 1. The minimum Gasteiger partial charge on any atom is -0.356 e. The molecule has 3 rings (SSSR count). The molecule has 25 heavy (non-hydrogen) atoms. The lowest BCUT2D eigenvalue weighted by molar-refractivity contribution is 0.101. The number of hydrogen-bond acceptors (Lipinski definition) is 1. The Balaban J connectivity index is 1.97. The fourth-order valence-corrected chi connectivity index (χ4v) is 2.66. The van der Waals surface area contributed by atoms with Crippen LogP contribution >= 0.6 is 0 Å². The lowest BCUT2D eigenvalue weighted by atomic mass is 10.0. The molecule has 0 fully saturated rings. The number of alkyl halides is 2. The lowest BCUT2D eigenvalue weighted by Crippen LogP contribution is -2.14. The molecule has 1 amide bonds. The zero-order valence-electron chi connectivity index (χ0n) is 13.3. The van der Waals surface area contributed by atoms with Gasteiger partial charge in [0.2, 0.25) is 0 Å². The number of amides is 1. The molecule has 0 aliphatic rings. The van der Waals surface area contributed by atoms with Gasteiger partial charge in [0, 0.05) is 41.8 Å². The molecule has 3 nitrogen and oxygen atoms in total. The summed E-state index contributed by atoms with van der Waals surface area (Å²) in [4.78, 5) is 12.5. The summed E-state index contributed by atoms with van der Waals surface area (Å²) in [5.74, 6) is -1.10. The quantitative estimate of drug-likeness (QED) is 0.708. The molecule has 0 saturated heterocycles. The van der Waals surface area contributed by atoms with Gasteiger partial charge in [0.1, 0.15) is 5.82 Å². The minimum atomic E-state index is -2.76. The van der Waals surface area contributed by atoms with Crippen molar-refractivity contribution in [3.8, 4) is 11.1 Å². The van der Waals surface area contributed by atoms with Crippen LogP contribution in [0.25, 0.3) is 11.1 Å². The van der Waals surface area contributed by atoms with Crippen LogP contribution in [-0.4, -0.2) is 10.5 Å². The van der Waals surface area contributed by atoms with E-state index in [-0.39, 0.29) is 11.1 Å². The summed E-state index contributed by atoms with van der Waals surface area (Å²) in [6, 6.07) is 12.8. The summed E-state index contributed by atoms with van der Waals surface area (Å²) in [5, 5.41) is 2.61. The number of nitrogens with zero attached hydrogens (tertiary/aromatic N) is 1. The van der Waals surface area contributed by atoms with Crippen molar-refractivity contribution >= 4 is 11.6 Å². The number of hydrogen-bond donors (Lipinski definition) is 1. The smallest absolute Gasteiger partial charge is 0.266 e. The van der Waals surface area contributed by atoms with Gasteiger partial charge in [-0.05, 0) is 12.1 Å². The molecule has 0 saturated carbocycles. The van der Waals surface area contributed by atoms with Gasteiger partial charge in [-0.15, -0.1) is 0 Å². The Morgan fingerprint density at radius 3 is 2.32 bits per heavy atom. The third-order valence-corrected chi connectivity index (χ3v) is 3.81. The van der Waals surface area contributed by atoms with Crippen molar-refractivity contribution < 1.29 is 18.0 Å². The van der Waals surface area contributed by atoms with Crippen LogP contribution in [-0.2, 0) is 7.05 Å². The summed E-state index contributed by atoms with van der Waals surface area (Å²) in [5.41, 5.74) is 0.690. The average Bonchev–Trinajstić information content (AvgIpc) is 2.98. The number of carbonyl (C=O) groups is 1. The Labute approximate surface area is 142 Å². The highest BCUT2D eigenvalue weighted by molar-refractivity contribution is 6.07. The summed E-state index contributed by atoms with van der Waals surface area (Å²) >= 11 is 0. The van der Waals surface area contributed by atoms with Crippen LogP contribution in [0.5, 0.6) is 0 Å². The van der Waals surface area contributed by atoms with Crippen molar-refractivity contribution in [2.45, 2.75) is 6.43 Å². The number of nitrogens with one attached hydrogen (secondary N) is 1. The van der Waals surface area contributed by atoms with E-state index >= 15 is 0 Å². The van der Waals surface area contributed by atoms with E-state index in [9.17, 15) is 18.0 Å². The second-order valence-corrected chi connectivity index (χ2v) is 5.57. The highest BCUT2D eigenvalue weighted by Gasteiger charge is 2.21. The van der Waals surface area contributed by atoms with Crippen molar-refractivity contribution in [3.63, 3.8) is 0 Å². The van der Waals surface area contributed by atoms with Crippen molar-refractivity contribution in [2.24, 2.45) is 7.05 Å². The van der Waals surface area contributed by atoms with Gasteiger partial charge in [0.15, 0.2) is 0 Å². The van der Waals surface area contributed by atoms with Crippen LogP contribution in [0.15, 0.2) is 60.9 Å². The van der Waals surface area contributed by atoms with E-state index in [1.807, 2.05) is 0 Å². The van der Waals surface area contributed by atoms with Crippen LogP contribution in [0.2, 0.25) is 0 Å². The molecule has 0 aliphatic carbocycles. The number of halogens is 3. The van der Waals surface area contributed by atoms with Crippen LogP contribution in [0.3, 0.4) is 0 Å². The van der Waals surface area contributed by atoms with Crippen LogP contribution in [0, 0.1) is 5.82 Å². The second kappa shape index (κ2) is 6.84. The predicted octanol–water partition coefficient (Wildman–Crippen LogP) is 5.02. The number of para-hydroxylation sites is 1. The predicted molar refractivity (Wildman–Crippen MR) is 90.2 cm³/mol. The van der Waals surface area contributed by atoms with E-state index in [2.05, 4.69) is 5.32 Å². The topological polar surface area (TPSA) is 34.0 Å². The molecule has 2 aromatic carbocycles. The van der Waals surface area contributed by atoms with Crippen LogP contribution in [0.4, 0.5) is 18.9 Å². The van der Waals surface area contributed by atoms with Crippen LogP contribution < -0.4 is 5.32 Å². The zero-order chi connectivity index (χ0) is 18.0. The van der Waals surface area contributed by atoms with Crippen LogP contribution in [0.1, 0.15) is 22.3 Å². The van der Waals surface area contributed by atoms with Crippen molar-refractivity contribution in [1.82, 2.24) is 4.57 Å². The maximum atomic E-state index is 14.1. The molecule has 1 N–H and O–H groups in total. The number of aromatic nitrogens is 1. The summed E-state index contributed by atoms with van der Waals surface area (Å²) < 4.78 is 41.7. The largest absolute Gasteiger partial charge is 0.356 e. The molecule has 0 unspecified atom stereocenters. The van der Waals surface area contributed by atoms with Gasteiger partial charge in [-0.25, -0.2) is 13.2 Å². The third kappa shape index (κ3) is 3.42. The molecular formula is C19H15F3N2O. The summed E-state index contributed by atoms with van der Waals surface area (Å²) in [6.45, 7) is 0. The van der Waals surface area contributed by atoms with Gasteiger partial charge in [0.05, 0.1) is 5.56 Å². The molecule has 0 spiro atoms. The first-order valence-electron chi connectivity index (χ1n) is 7.56. The van der Waals surface area contributed by atoms with E-state index in [0.29, 0.717) is 16.8 Å². The first kappa shape index (κ1) is 16.8. The standard InChI is InChI=1S/C19H15F3N2O/c1-24-10-14(18(21)22)15(11-24)19(25)23-17-9-5-3-7-13(17)12-6-2-4-8-16(12)20/h2-11,18H,1H3,(H,23,25). The minimum absolute atomic E-state index is 0.110. The lowest BCUT2D eigenvalue weighted by Gasteiger charge is -2.12. The van der Waals surface area contributed by atoms with Gasteiger partial charge >= 0.3 is 0 Å². The summed E-state index contributed by atoms with van der Waals surface area (Å²) in [7, 11) is 1.57. The van der Waals surface area contributed by atoms with E-state index in [1.165, 1.54) is 23.0 Å². The Morgan fingerprint density at radius 2 is 1.64 bits per heavy atom. The fraction of sp³-hybridized carbons (Fsp3) is 0.105. The fourth-order valence-electron chi connectivity index (χ4n) is 2.66. The Bertz CT molecular complexity index is 919. The number of aryl methyl sites for hydroxylation is 1. The Kier molecular flexibility index (Phi) is 4.61. The number of benzene rings is 2. The third-order valence-electron chi connectivity index (χ3n) is 3.81. The zero-order valence-corrected chi connectivity index (χ0v) is 13.3. The Morgan fingerprint density at radius 1 is 1.00 bits per heavy atom. The molecule has 0 bridgehead atoms. The van der Waals surface area contributed by atoms with Gasteiger partial charge in [-0.2, -0.15) is 0 Å². The van der Waals surface area contributed by atoms with Gasteiger partial charge in [-0.1, -0.05) is 36.4 Å². The van der Waals surface area contributed by atoms with Crippen molar-refractivity contribution in [2.75, 3.05) is 5.32 Å². The molecule has 0 atom stereocenters. The maximum absolute atomic E-state index is 14.1. The molecule has 0 aliphatic heterocycles. The van der Waals surface area contributed by atoms with Gasteiger partial charge < -0.3 is 9.88 Å². The van der Waals surface area contributed by atoms with Gasteiger partial charge in [-0.3, -0.25) is 4.79 Å². The first-order chi connectivity index (χ1) is 12.0. The van der Waals surface area contributed by atoms with Crippen molar-refractivity contribution in [3.05, 3.63) is 77.9 Å². The second-order valence-electron chi connectivity index (χ2n) is 5.57. The SMILES string of the molecule is Cn1cc(C(=O)Nc2ccccc2-c2ccccc2F)c(C(F)F)c1. The molecule has 1 heterocycles. The number of carbonyl (C=O) groups excluding carboxylic acids is 1. The number of rotatable bonds is 4. The molecular weight excluding hydrogens is 329 g/mol. The normalized spacial score (nSPS) is 10.9.